The average molecular weight is 220 g/mol. The molecule has 0 aliphatic carbocycles. The molecule has 6 nitrogen and oxygen atoms in total. The van der Waals surface area contributed by atoms with Crippen molar-refractivity contribution in [2.75, 3.05) is 0 Å². The van der Waals surface area contributed by atoms with E-state index in [-0.39, 0.29) is 18.3 Å². The van der Waals surface area contributed by atoms with E-state index in [4.69, 9.17) is 14.3 Å². The maximum absolute atomic E-state index is 10.5. The van der Waals surface area contributed by atoms with Gasteiger partial charge in [-0.05, 0) is 12.1 Å². The number of rotatable bonds is 4. The molecule has 82 valence electrons. The highest BCUT2D eigenvalue weighted by Gasteiger charge is 2.10. The molecule has 0 saturated carbocycles. The summed E-state index contributed by atoms with van der Waals surface area (Å²) >= 11 is 0. The lowest BCUT2D eigenvalue weighted by Crippen LogP contribution is -1.96. The standard InChI is InChI=1S/C10H8N2O4/c13-10(14)8-5-12-9(16-8)6-15-7-2-1-3-11-4-7/h1-5H,6H2,(H,13,14). The Morgan fingerprint density at radius 2 is 2.38 bits per heavy atom. The first kappa shape index (κ1) is 10.2. The van der Waals surface area contributed by atoms with E-state index in [0.717, 1.165) is 6.20 Å². The van der Waals surface area contributed by atoms with Crippen molar-refractivity contribution >= 4 is 5.97 Å². The van der Waals surface area contributed by atoms with E-state index in [1.807, 2.05) is 0 Å². The Hall–Kier alpha value is -2.37. The fraction of sp³-hybridized carbons (Fsp3) is 0.100. The molecule has 2 aromatic heterocycles. The Morgan fingerprint density at radius 1 is 1.50 bits per heavy atom. The second-order valence-corrected chi connectivity index (χ2v) is 2.90. The number of nitrogens with zero attached hydrogens (tertiary/aromatic N) is 2. The number of hydrogen-bond acceptors (Lipinski definition) is 5. The van der Waals surface area contributed by atoms with E-state index < -0.39 is 5.97 Å². The summed E-state index contributed by atoms with van der Waals surface area (Å²) in [6.07, 6.45) is 4.31. The third-order valence-electron chi connectivity index (χ3n) is 1.76. The van der Waals surface area contributed by atoms with Gasteiger partial charge in [-0.2, -0.15) is 0 Å². The Labute approximate surface area is 90.5 Å². The SMILES string of the molecule is O=C(O)c1cnc(COc2cccnc2)o1. The van der Waals surface area contributed by atoms with Crippen molar-refractivity contribution in [2.24, 2.45) is 0 Å². The van der Waals surface area contributed by atoms with Crippen molar-refractivity contribution in [1.82, 2.24) is 9.97 Å². The maximum Gasteiger partial charge on any atom is 0.373 e. The molecule has 2 aromatic rings. The van der Waals surface area contributed by atoms with Gasteiger partial charge in [0.25, 0.3) is 0 Å². The Kier molecular flexibility index (Phi) is 2.81. The van der Waals surface area contributed by atoms with E-state index in [0.29, 0.717) is 5.75 Å². The second kappa shape index (κ2) is 4.43. The van der Waals surface area contributed by atoms with Gasteiger partial charge in [0.05, 0.1) is 12.4 Å². The number of aromatic carboxylic acids is 1. The molecule has 16 heavy (non-hydrogen) atoms. The molecule has 0 fully saturated rings. The number of aromatic nitrogens is 2. The summed E-state index contributed by atoms with van der Waals surface area (Å²) in [5.74, 6) is -0.580. The molecule has 0 amide bonds. The number of ether oxygens (including phenoxy) is 1. The predicted molar refractivity (Wildman–Crippen MR) is 52.0 cm³/mol. The van der Waals surface area contributed by atoms with Crippen LogP contribution in [0.2, 0.25) is 0 Å². The number of carboxylic acid groups (broad SMARTS) is 1. The highest BCUT2D eigenvalue weighted by atomic mass is 16.5. The summed E-state index contributed by atoms with van der Waals surface area (Å²) in [4.78, 5) is 18.1. The number of hydrogen-bond donors (Lipinski definition) is 1. The third kappa shape index (κ3) is 2.35. The second-order valence-electron chi connectivity index (χ2n) is 2.90. The number of oxazole rings is 1. The lowest BCUT2D eigenvalue weighted by atomic mass is 10.5. The molecule has 0 aromatic carbocycles. The van der Waals surface area contributed by atoms with Gasteiger partial charge >= 0.3 is 5.97 Å². The van der Waals surface area contributed by atoms with Crippen LogP contribution in [0.1, 0.15) is 16.4 Å². The van der Waals surface area contributed by atoms with E-state index in [2.05, 4.69) is 9.97 Å². The average Bonchev–Trinajstić information content (AvgIpc) is 2.76. The van der Waals surface area contributed by atoms with Gasteiger partial charge in [-0.1, -0.05) is 0 Å². The zero-order valence-electron chi connectivity index (χ0n) is 8.16. The number of pyridine rings is 1. The van der Waals surface area contributed by atoms with Crippen molar-refractivity contribution in [3.63, 3.8) is 0 Å². The van der Waals surface area contributed by atoms with Crippen LogP contribution in [0.25, 0.3) is 0 Å². The Morgan fingerprint density at radius 3 is 3.00 bits per heavy atom. The van der Waals surface area contributed by atoms with Gasteiger partial charge in [0.1, 0.15) is 5.75 Å². The molecule has 6 heteroatoms. The van der Waals surface area contributed by atoms with E-state index in [1.54, 1.807) is 24.5 Å². The normalized spacial score (nSPS) is 10.0. The van der Waals surface area contributed by atoms with Crippen molar-refractivity contribution in [3.05, 3.63) is 42.4 Å². The van der Waals surface area contributed by atoms with Gasteiger partial charge in [-0.3, -0.25) is 4.98 Å². The molecule has 0 saturated heterocycles. The Balaban J connectivity index is 1.97. The zero-order valence-corrected chi connectivity index (χ0v) is 8.16. The molecular weight excluding hydrogens is 212 g/mol. The van der Waals surface area contributed by atoms with Gasteiger partial charge < -0.3 is 14.3 Å². The summed E-state index contributed by atoms with van der Waals surface area (Å²) in [6.45, 7) is 0.0684. The molecule has 0 radical (unpaired) electrons. The van der Waals surface area contributed by atoms with Crippen LogP contribution in [0.5, 0.6) is 5.75 Å². The van der Waals surface area contributed by atoms with Crippen LogP contribution in [0.15, 0.2) is 35.1 Å². The van der Waals surface area contributed by atoms with Crippen LogP contribution in [0.3, 0.4) is 0 Å². The number of carbonyl (C=O) groups is 1. The molecule has 1 N–H and O–H groups in total. The van der Waals surface area contributed by atoms with Crippen molar-refractivity contribution in [2.45, 2.75) is 6.61 Å². The molecule has 0 spiro atoms. The Bertz CT molecular complexity index is 481. The summed E-state index contributed by atoms with van der Waals surface area (Å²) in [5, 5.41) is 8.60. The molecule has 0 unspecified atom stereocenters. The van der Waals surface area contributed by atoms with E-state index in [9.17, 15) is 4.79 Å². The fourth-order valence-corrected chi connectivity index (χ4v) is 1.05. The summed E-state index contributed by atoms with van der Waals surface area (Å²) in [7, 11) is 0. The van der Waals surface area contributed by atoms with E-state index in [1.165, 1.54) is 0 Å². The molecule has 0 aliphatic heterocycles. The highest BCUT2D eigenvalue weighted by Crippen LogP contribution is 2.10. The van der Waals surface area contributed by atoms with Gasteiger partial charge in [-0.25, -0.2) is 9.78 Å². The highest BCUT2D eigenvalue weighted by molar-refractivity contribution is 5.83. The lowest BCUT2D eigenvalue weighted by Gasteiger charge is -2.01. The van der Waals surface area contributed by atoms with Gasteiger partial charge in [0, 0.05) is 6.20 Å². The first-order chi connectivity index (χ1) is 7.75. The van der Waals surface area contributed by atoms with Crippen LogP contribution in [-0.4, -0.2) is 21.0 Å². The lowest BCUT2D eigenvalue weighted by molar-refractivity contribution is 0.0658. The largest absolute Gasteiger partial charge is 0.482 e. The van der Waals surface area contributed by atoms with Gasteiger partial charge in [-0.15, -0.1) is 0 Å². The van der Waals surface area contributed by atoms with Crippen molar-refractivity contribution in [1.29, 1.82) is 0 Å². The van der Waals surface area contributed by atoms with E-state index >= 15 is 0 Å². The maximum atomic E-state index is 10.5. The van der Waals surface area contributed by atoms with Crippen LogP contribution in [-0.2, 0) is 6.61 Å². The summed E-state index contributed by atoms with van der Waals surface area (Å²) < 4.78 is 10.2. The van der Waals surface area contributed by atoms with Crippen LogP contribution in [0, 0.1) is 0 Å². The molecule has 0 atom stereocenters. The topological polar surface area (TPSA) is 85.5 Å². The molecule has 2 heterocycles. The van der Waals surface area contributed by atoms with Crippen molar-refractivity contribution < 1.29 is 19.1 Å². The van der Waals surface area contributed by atoms with Crippen LogP contribution < -0.4 is 4.74 Å². The minimum absolute atomic E-state index is 0.0684. The molecular formula is C10H8N2O4. The molecule has 2 rings (SSSR count). The first-order valence-electron chi connectivity index (χ1n) is 4.46. The third-order valence-corrected chi connectivity index (χ3v) is 1.76. The monoisotopic (exact) mass is 220 g/mol. The fourth-order valence-electron chi connectivity index (χ4n) is 1.05. The first-order valence-corrected chi connectivity index (χ1v) is 4.46. The summed E-state index contributed by atoms with van der Waals surface area (Å²) in [5.41, 5.74) is 0. The quantitative estimate of drug-likeness (QED) is 0.836. The number of carboxylic acids is 1. The van der Waals surface area contributed by atoms with Crippen molar-refractivity contribution in [3.8, 4) is 5.75 Å². The predicted octanol–water partition coefficient (Wildman–Crippen LogP) is 1.35. The minimum Gasteiger partial charge on any atom is -0.482 e. The van der Waals surface area contributed by atoms with Crippen LogP contribution >= 0.6 is 0 Å². The molecule has 0 aliphatic rings. The van der Waals surface area contributed by atoms with Gasteiger partial charge in [0.2, 0.25) is 11.7 Å². The summed E-state index contributed by atoms with van der Waals surface area (Å²) in [6, 6.07) is 3.46. The van der Waals surface area contributed by atoms with Crippen LogP contribution in [0.4, 0.5) is 0 Å². The molecule has 0 bridgehead atoms. The smallest absolute Gasteiger partial charge is 0.373 e. The van der Waals surface area contributed by atoms with Gasteiger partial charge in [0.15, 0.2) is 6.61 Å². The zero-order chi connectivity index (χ0) is 11.4. The minimum atomic E-state index is -1.15.